The fourth-order valence-electron chi connectivity index (χ4n) is 2.24. The van der Waals surface area contributed by atoms with Crippen LogP contribution in [0.15, 0.2) is 65.7 Å². The van der Waals surface area contributed by atoms with Gasteiger partial charge in [0, 0.05) is 11.6 Å². The van der Waals surface area contributed by atoms with Gasteiger partial charge < -0.3 is 0 Å². The summed E-state index contributed by atoms with van der Waals surface area (Å²) in [4.78, 5) is 4.53. The van der Waals surface area contributed by atoms with Crippen LogP contribution in [0.5, 0.6) is 0 Å². The van der Waals surface area contributed by atoms with Crippen molar-refractivity contribution >= 4 is 26.6 Å². The second-order valence-electron chi connectivity index (χ2n) is 4.75. The minimum Gasteiger partial charge on any atom is -0.277 e. The first-order valence-electron chi connectivity index (χ1n) is 6.50. The number of anilines is 1. The largest absolute Gasteiger partial charge is 0.277 e. The lowest BCUT2D eigenvalue weighted by Crippen LogP contribution is -2.14. The van der Waals surface area contributed by atoms with Gasteiger partial charge in [0.2, 0.25) is 0 Å². The highest BCUT2D eigenvalue weighted by atomic mass is 32.2. The van der Waals surface area contributed by atoms with Gasteiger partial charge in [-0.15, -0.1) is 0 Å². The van der Waals surface area contributed by atoms with Crippen LogP contribution in [0.25, 0.3) is 10.9 Å². The van der Waals surface area contributed by atoms with Crippen molar-refractivity contribution in [1.82, 2.24) is 4.98 Å². The highest BCUT2D eigenvalue weighted by Gasteiger charge is 2.17. The molecule has 1 aromatic heterocycles. The van der Waals surface area contributed by atoms with Gasteiger partial charge in [-0.1, -0.05) is 36.4 Å². The summed E-state index contributed by atoms with van der Waals surface area (Å²) in [6, 6.07) is 16.0. The fraction of sp³-hybridized carbons (Fsp3) is 0.0625. The van der Waals surface area contributed by atoms with E-state index < -0.39 is 10.0 Å². The van der Waals surface area contributed by atoms with Gasteiger partial charge in [-0.25, -0.2) is 8.42 Å². The molecule has 3 rings (SSSR count). The number of pyridine rings is 1. The van der Waals surface area contributed by atoms with E-state index in [2.05, 4.69) is 9.71 Å². The summed E-state index contributed by atoms with van der Waals surface area (Å²) in [5.41, 5.74) is 1.83. The number of sulfonamides is 1. The number of para-hydroxylation sites is 1. The fourth-order valence-corrected chi connectivity index (χ4v) is 3.56. The van der Waals surface area contributed by atoms with Gasteiger partial charge in [-0.3, -0.25) is 9.71 Å². The summed E-state index contributed by atoms with van der Waals surface area (Å²) in [5, 5.41) is 0.891. The summed E-state index contributed by atoms with van der Waals surface area (Å²) >= 11 is 0. The molecule has 1 heterocycles. The molecule has 1 N–H and O–H groups in total. The average molecular weight is 298 g/mol. The summed E-state index contributed by atoms with van der Waals surface area (Å²) in [6.07, 6.45) is 1.65. The maximum Gasteiger partial charge on any atom is 0.262 e. The highest BCUT2D eigenvalue weighted by molar-refractivity contribution is 7.92. The Kier molecular flexibility index (Phi) is 3.35. The number of aryl methyl sites for hydroxylation is 1. The summed E-state index contributed by atoms with van der Waals surface area (Å²) in [7, 11) is -3.63. The predicted molar refractivity (Wildman–Crippen MR) is 83.7 cm³/mol. The van der Waals surface area contributed by atoms with Crippen molar-refractivity contribution < 1.29 is 8.42 Å². The molecule has 0 spiro atoms. The molecule has 0 aliphatic rings. The number of fused-ring (bicyclic) bond motifs is 1. The van der Waals surface area contributed by atoms with Crippen LogP contribution in [0.2, 0.25) is 0 Å². The maximum absolute atomic E-state index is 12.5. The van der Waals surface area contributed by atoms with Gasteiger partial charge in [0.25, 0.3) is 10.0 Å². The van der Waals surface area contributed by atoms with Crippen LogP contribution >= 0.6 is 0 Å². The summed E-state index contributed by atoms with van der Waals surface area (Å²) in [5.74, 6) is 0. The standard InChI is InChI=1S/C16H14N2O2S/c1-12-6-2-3-10-15(12)21(19,20)18-14-9-4-7-13-8-5-11-17-16(13)14/h2-11,18H,1H3. The van der Waals surface area contributed by atoms with E-state index in [-0.39, 0.29) is 4.90 Å². The van der Waals surface area contributed by atoms with Gasteiger partial charge in [0.05, 0.1) is 16.1 Å². The molecular formula is C16H14N2O2S. The smallest absolute Gasteiger partial charge is 0.262 e. The Labute approximate surface area is 123 Å². The van der Waals surface area contributed by atoms with Crippen molar-refractivity contribution in [3.05, 3.63) is 66.4 Å². The van der Waals surface area contributed by atoms with E-state index in [0.717, 1.165) is 5.39 Å². The Balaban J connectivity index is 2.08. The molecule has 0 amide bonds. The van der Waals surface area contributed by atoms with E-state index in [1.807, 2.05) is 24.3 Å². The molecule has 5 heteroatoms. The van der Waals surface area contributed by atoms with Crippen molar-refractivity contribution in [2.75, 3.05) is 4.72 Å². The van der Waals surface area contributed by atoms with Crippen molar-refractivity contribution in [1.29, 1.82) is 0 Å². The lowest BCUT2D eigenvalue weighted by Gasteiger charge is -2.11. The van der Waals surface area contributed by atoms with Crippen LogP contribution in [0.4, 0.5) is 5.69 Å². The van der Waals surface area contributed by atoms with E-state index in [1.165, 1.54) is 0 Å². The van der Waals surface area contributed by atoms with Gasteiger partial charge in [0.1, 0.15) is 0 Å². The topological polar surface area (TPSA) is 59.1 Å². The van der Waals surface area contributed by atoms with Crippen LogP contribution in [-0.2, 0) is 10.0 Å². The second-order valence-corrected chi connectivity index (χ2v) is 6.40. The lowest BCUT2D eigenvalue weighted by atomic mass is 10.2. The molecule has 3 aromatic rings. The number of nitrogens with one attached hydrogen (secondary N) is 1. The van der Waals surface area contributed by atoms with Gasteiger partial charge in [0.15, 0.2) is 0 Å². The van der Waals surface area contributed by atoms with E-state index in [9.17, 15) is 8.42 Å². The quantitative estimate of drug-likeness (QED) is 0.806. The van der Waals surface area contributed by atoms with Crippen molar-refractivity contribution in [2.45, 2.75) is 11.8 Å². The minimum atomic E-state index is -3.63. The molecule has 0 atom stereocenters. The number of benzene rings is 2. The zero-order chi connectivity index (χ0) is 14.9. The van der Waals surface area contributed by atoms with Crippen molar-refractivity contribution in [3.63, 3.8) is 0 Å². The molecule has 0 fully saturated rings. The Morgan fingerprint density at radius 2 is 1.71 bits per heavy atom. The van der Waals surface area contributed by atoms with Gasteiger partial charge in [-0.05, 0) is 30.7 Å². The molecule has 0 saturated carbocycles. The zero-order valence-corrected chi connectivity index (χ0v) is 12.3. The Morgan fingerprint density at radius 3 is 2.52 bits per heavy atom. The van der Waals surface area contributed by atoms with Crippen LogP contribution < -0.4 is 4.72 Å². The number of hydrogen-bond acceptors (Lipinski definition) is 3. The summed E-state index contributed by atoms with van der Waals surface area (Å²) in [6.45, 7) is 1.77. The molecule has 0 aliphatic carbocycles. The van der Waals surface area contributed by atoms with Crippen LogP contribution in [0.3, 0.4) is 0 Å². The third kappa shape index (κ3) is 2.60. The van der Waals surface area contributed by atoms with E-state index in [0.29, 0.717) is 16.8 Å². The third-order valence-electron chi connectivity index (χ3n) is 3.26. The van der Waals surface area contributed by atoms with Crippen molar-refractivity contribution in [2.24, 2.45) is 0 Å². The molecule has 0 saturated heterocycles. The van der Waals surface area contributed by atoms with Gasteiger partial charge >= 0.3 is 0 Å². The Bertz CT molecular complexity index is 900. The predicted octanol–water partition coefficient (Wildman–Crippen LogP) is 3.34. The molecule has 106 valence electrons. The van der Waals surface area contributed by atoms with Crippen LogP contribution in [0.1, 0.15) is 5.56 Å². The molecule has 21 heavy (non-hydrogen) atoms. The van der Waals surface area contributed by atoms with E-state index in [4.69, 9.17) is 0 Å². The maximum atomic E-state index is 12.5. The van der Waals surface area contributed by atoms with E-state index in [1.54, 1.807) is 43.5 Å². The Hall–Kier alpha value is -2.40. The van der Waals surface area contributed by atoms with Crippen LogP contribution in [-0.4, -0.2) is 13.4 Å². The molecule has 0 radical (unpaired) electrons. The first-order valence-corrected chi connectivity index (χ1v) is 7.98. The average Bonchev–Trinajstić information content (AvgIpc) is 2.47. The highest BCUT2D eigenvalue weighted by Crippen LogP contribution is 2.24. The normalized spacial score (nSPS) is 11.5. The van der Waals surface area contributed by atoms with Crippen molar-refractivity contribution in [3.8, 4) is 0 Å². The van der Waals surface area contributed by atoms with Crippen LogP contribution in [0, 0.1) is 6.92 Å². The number of hydrogen-bond donors (Lipinski definition) is 1. The SMILES string of the molecule is Cc1ccccc1S(=O)(=O)Nc1cccc2cccnc12. The minimum absolute atomic E-state index is 0.276. The van der Waals surface area contributed by atoms with E-state index >= 15 is 0 Å². The third-order valence-corrected chi connectivity index (χ3v) is 4.79. The first kappa shape index (κ1) is 13.6. The molecule has 0 bridgehead atoms. The zero-order valence-electron chi connectivity index (χ0n) is 11.4. The molecule has 4 nitrogen and oxygen atoms in total. The molecule has 0 aliphatic heterocycles. The number of nitrogens with zero attached hydrogens (tertiary/aromatic N) is 1. The second kappa shape index (κ2) is 5.18. The lowest BCUT2D eigenvalue weighted by molar-refractivity contribution is 0.600. The molecular weight excluding hydrogens is 284 g/mol. The molecule has 2 aromatic carbocycles. The molecule has 0 unspecified atom stereocenters. The summed E-state index contributed by atoms with van der Waals surface area (Å²) < 4.78 is 27.7. The number of aromatic nitrogens is 1. The monoisotopic (exact) mass is 298 g/mol. The Morgan fingerprint density at radius 1 is 0.952 bits per heavy atom. The van der Waals surface area contributed by atoms with Gasteiger partial charge in [-0.2, -0.15) is 0 Å². The first-order chi connectivity index (χ1) is 10.1. The number of rotatable bonds is 3.